The quantitative estimate of drug-likeness (QED) is 0.854. The Bertz CT molecular complexity index is 645. The smallest absolute Gasteiger partial charge is 0.247 e. The van der Waals surface area contributed by atoms with Crippen LogP contribution in [0, 0.1) is 5.92 Å². The van der Waals surface area contributed by atoms with E-state index >= 15 is 0 Å². The molecule has 2 aromatic rings. The van der Waals surface area contributed by atoms with E-state index in [9.17, 15) is 9.59 Å². The zero-order valence-electron chi connectivity index (χ0n) is 13.7. The standard InChI is InChI=1S/C18H23N3O2/c1-13(2)12-17(21-10-4-5-11-21)18(23)20-16-8-6-15(7-9-16)19-14(3)22/h4-11,13,17H,12H2,1-3H3,(H,19,22)(H,20,23). The first-order valence-corrected chi connectivity index (χ1v) is 7.76. The SMILES string of the molecule is CC(=O)Nc1ccc(NC(=O)C(CC(C)C)n2cccc2)cc1. The summed E-state index contributed by atoms with van der Waals surface area (Å²) in [6, 6.07) is 10.7. The molecule has 1 atom stereocenters. The van der Waals surface area contributed by atoms with Gasteiger partial charge in [0.2, 0.25) is 11.8 Å². The van der Waals surface area contributed by atoms with Crippen LogP contribution in [0.3, 0.4) is 0 Å². The molecule has 1 aromatic carbocycles. The van der Waals surface area contributed by atoms with Crippen LogP contribution in [0.4, 0.5) is 11.4 Å². The Balaban J connectivity index is 2.07. The average molecular weight is 313 g/mol. The van der Waals surface area contributed by atoms with Crippen molar-refractivity contribution in [2.75, 3.05) is 10.6 Å². The Morgan fingerprint density at radius 2 is 1.52 bits per heavy atom. The second-order valence-electron chi connectivity index (χ2n) is 6.02. The van der Waals surface area contributed by atoms with Crippen molar-refractivity contribution in [2.24, 2.45) is 5.92 Å². The van der Waals surface area contributed by atoms with Crippen molar-refractivity contribution < 1.29 is 9.59 Å². The Morgan fingerprint density at radius 3 is 2.00 bits per heavy atom. The molecule has 0 fully saturated rings. The summed E-state index contributed by atoms with van der Waals surface area (Å²) in [4.78, 5) is 23.6. The van der Waals surface area contributed by atoms with E-state index in [1.54, 1.807) is 24.3 Å². The van der Waals surface area contributed by atoms with Crippen LogP contribution in [-0.4, -0.2) is 16.4 Å². The van der Waals surface area contributed by atoms with Crippen molar-refractivity contribution in [3.05, 3.63) is 48.8 Å². The number of amides is 2. The first-order chi connectivity index (χ1) is 11.0. The van der Waals surface area contributed by atoms with Crippen molar-refractivity contribution in [1.29, 1.82) is 0 Å². The Hall–Kier alpha value is -2.56. The number of rotatable bonds is 6. The van der Waals surface area contributed by atoms with Gasteiger partial charge in [0.15, 0.2) is 0 Å². The minimum atomic E-state index is -0.236. The van der Waals surface area contributed by atoms with Crippen LogP contribution in [0.5, 0.6) is 0 Å². The third-order valence-electron chi connectivity index (χ3n) is 3.46. The minimum absolute atomic E-state index is 0.0397. The maximum Gasteiger partial charge on any atom is 0.247 e. The summed E-state index contributed by atoms with van der Waals surface area (Å²) < 4.78 is 1.93. The van der Waals surface area contributed by atoms with Gasteiger partial charge in [-0.25, -0.2) is 0 Å². The molecule has 0 aliphatic rings. The molecule has 2 rings (SSSR count). The average Bonchev–Trinajstić information content (AvgIpc) is 3.00. The highest BCUT2D eigenvalue weighted by atomic mass is 16.2. The normalized spacial score (nSPS) is 12.0. The number of nitrogens with one attached hydrogen (secondary N) is 2. The molecule has 2 amide bonds. The van der Waals surface area contributed by atoms with E-state index in [0.717, 1.165) is 6.42 Å². The van der Waals surface area contributed by atoms with Gasteiger partial charge in [-0.15, -0.1) is 0 Å². The molecule has 1 unspecified atom stereocenters. The van der Waals surface area contributed by atoms with Crippen molar-refractivity contribution in [3.63, 3.8) is 0 Å². The summed E-state index contributed by atoms with van der Waals surface area (Å²) in [6.07, 6.45) is 4.59. The fraction of sp³-hybridized carbons (Fsp3) is 0.333. The summed E-state index contributed by atoms with van der Waals surface area (Å²) in [5, 5.41) is 5.64. The molecule has 2 N–H and O–H groups in total. The van der Waals surface area contributed by atoms with Gasteiger partial charge < -0.3 is 15.2 Å². The van der Waals surface area contributed by atoms with Gasteiger partial charge in [-0.3, -0.25) is 9.59 Å². The molecule has 5 heteroatoms. The zero-order chi connectivity index (χ0) is 16.8. The second kappa shape index (κ2) is 7.63. The van der Waals surface area contributed by atoms with Gasteiger partial charge >= 0.3 is 0 Å². The van der Waals surface area contributed by atoms with Gasteiger partial charge in [0.1, 0.15) is 6.04 Å². The van der Waals surface area contributed by atoms with E-state index in [0.29, 0.717) is 17.3 Å². The molecule has 5 nitrogen and oxygen atoms in total. The number of anilines is 2. The first-order valence-electron chi connectivity index (χ1n) is 7.76. The summed E-state index contributed by atoms with van der Waals surface area (Å²) in [7, 11) is 0. The molecule has 0 aliphatic carbocycles. The summed E-state index contributed by atoms with van der Waals surface area (Å²) in [6.45, 7) is 5.67. The van der Waals surface area contributed by atoms with Crippen molar-refractivity contribution in [1.82, 2.24) is 4.57 Å². The van der Waals surface area contributed by atoms with Crippen molar-refractivity contribution >= 4 is 23.2 Å². The van der Waals surface area contributed by atoms with Crippen LogP contribution in [0.2, 0.25) is 0 Å². The largest absolute Gasteiger partial charge is 0.342 e. The predicted molar refractivity (Wildman–Crippen MR) is 92.3 cm³/mol. The molecule has 0 bridgehead atoms. The fourth-order valence-corrected chi connectivity index (χ4v) is 2.43. The van der Waals surface area contributed by atoms with Crippen LogP contribution in [0.1, 0.15) is 33.2 Å². The molecule has 1 heterocycles. The van der Waals surface area contributed by atoms with Crippen LogP contribution in [0.15, 0.2) is 48.8 Å². The predicted octanol–water partition coefficient (Wildman–Crippen LogP) is 3.67. The lowest BCUT2D eigenvalue weighted by Gasteiger charge is -2.20. The number of aromatic nitrogens is 1. The van der Waals surface area contributed by atoms with Gasteiger partial charge in [0, 0.05) is 30.7 Å². The molecule has 23 heavy (non-hydrogen) atoms. The summed E-state index contributed by atoms with van der Waals surface area (Å²) in [5.74, 6) is 0.254. The maximum absolute atomic E-state index is 12.6. The van der Waals surface area contributed by atoms with Crippen LogP contribution in [0.25, 0.3) is 0 Å². The van der Waals surface area contributed by atoms with Gasteiger partial charge in [0.05, 0.1) is 0 Å². The number of benzene rings is 1. The summed E-state index contributed by atoms with van der Waals surface area (Å²) in [5.41, 5.74) is 1.42. The molecule has 0 saturated heterocycles. The lowest BCUT2D eigenvalue weighted by Crippen LogP contribution is -2.26. The summed E-state index contributed by atoms with van der Waals surface area (Å²) >= 11 is 0. The fourth-order valence-electron chi connectivity index (χ4n) is 2.43. The number of hydrogen-bond acceptors (Lipinski definition) is 2. The lowest BCUT2D eigenvalue weighted by atomic mass is 10.0. The Morgan fingerprint density at radius 1 is 1.00 bits per heavy atom. The van der Waals surface area contributed by atoms with Crippen LogP contribution in [-0.2, 0) is 9.59 Å². The van der Waals surface area contributed by atoms with Crippen molar-refractivity contribution in [3.8, 4) is 0 Å². The monoisotopic (exact) mass is 313 g/mol. The highest BCUT2D eigenvalue weighted by molar-refractivity contribution is 5.94. The molecule has 0 aliphatic heterocycles. The lowest BCUT2D eigenvalue weighted by molar-refractivity contribution is -0.119. The van der Waals surface area contributed by atoms with Gasteiger partial charge in [-0.1, -0.05) is 13.8 Å². The highest BCUT2D eigenvalue weighted by Gasteiger charge is 2.21. The highest BCUT2D eigenvalue weighted by Crippen LogP contribution is 2.21. The number of nitrogens with zero attached hydrogens (tertiary/aromatic N) is 1. The third kappa shape index (κ3) is 4.98. The van der Waals surface area contributed by atoms with E-state index in [1.165, 1.54) is 6.92 Å². The van der Waals surface area contributed by atoms with E-state index < -0.39 is 0 Å². The minimum Gasteiger partial charge on any atom is -0.342 e. The number of carbonyl (C=O) groups excluding carboxylic acids is 2. The van der Waals surface area contributed by atoms with E-state index in [4.69, 9.17) is 0 Å². The second-order valence-corrected chi connectivity index (χ2v) is 6.02. The molecule has 0 saturated carbocycles. The molecular weight excluding hydrogens is 290 g/mol. The van der Waals surface area contributed by atoms with Gasteiger partial charge in [-0.05, 0) is 48.7 Å². The Labute approximate surface area is 136 Å². The number of hydrogen-bond donors (Lipinski definition) is 2. The Kier molecular flexibility index (Phi) is 5.57. The molecule has 122 valence electrons. The van der Waals surface area contributed by atoms with E-state index in [-0.39, 0.29) is 17.9 Å². The van der Waals surface area contributed by atoms with Crippen molar-refractivity contribution in [2.45, 2.75) is 33.2 Å². The van der Waals surface area contributed by atoms with E-state index in [2.05, 4.69) is 24.5 Å². The molecule has 1 aromatic heterocycles. The molecular formula is C18H23N3O2. The van der Waals surface area contributed by atoms with Gasteiger partial charge in [-0.2, -0.15) is 0 Å². The molecule has 0 radical (unpaired) electrons. The third-order valence-corrected chi connectivity index (χ3v) is 3.46. The number of carbonyl (C=O) groups is 2. The van der Waals surface area contributed by atoms with E-state index in [1.807, 2.05) is 29.1 Å². The topological polar surface area (TPSA) is 63.1 Å². The molecule has 0 spiro atoms. The van der Waals surface area contributed by atoms with Crippen LogP contribution >= 0.6 is 0 Å². The zero-order valence-corrected chi connectivity index (χ0v) is 13.7. The maximum atomic E-state index is 12.6. The van der Waals surface area contributed by atoms with Gasteiger partial charge in [0.25, 0.3) is 0 Å². The van der Waals surface area contributed by atoms with Crippen LogP contribution < -0.4 is 10.6 Å². The first kappa shape index (κ1) is 16.8.